The molecule has 2 atom stereocenters. The van der Waals surface area contributed by atoms with Gasteiger partial charge in [0.15, 0.2) is 0 Å². The van der Waals surface area contributed by atoms with E-state index in [9.17, 15) is 9.59 Å². The zero-order chi connectivity index (χ0) is 15.2. The van der Waals surface area contributed by atoms with E-state index in [2.05, 4.69) is 0 Å². The Morgan fingerprint density at radius 2 is 2.05 bits per heavy atom. The number of hydrogen-bond acceptors (Lipinski definition) is 5. The van der Waals surface area contributed by atoms with Gasteiger partial charge in [-0.25, -0.2) is 4.79 Å². The summed E-state index contributed by atoms with van der Waals surface area (Å²) < 4.78 is 5.27. The van der Waals surface area contributed by atoms with Crippen LogP contribution >= 0.6 is 12.4 Å². The summed E-state index contributed by atoms with van der Waals surface area (Å²) in [5, 5.41) is 8.95. The molecule has 1 aliphatic heterocycles. The highest BCUT2D eigenvalue weighted by Gasteiger charge is 2.36. The molecule has 1 amide bonds. The number of aliphatic hydroxyl groups is 1. The van der Waals surface area contributed by atoms with Gasteiger partial charge in [0.1, 0.15) is 18.7 Å². The Labute approximate surface area is 135 Å². The number of halogens is 1. The van der Waals surface area contributed by atoms with Crippen molar-refractivity contribution in [1.29, 1.82) is 0 Å². The number of ether oxygens (including phenoxy) is 1. The molecule has 1 aromatic rings. The number of carbonyl (C=O) groups is 2. The van der Waals surface area contributed by atoms with Gasteiger partial charge in [0.05, 0.1) is 6.61 Å². The largest absolute Gasteiger partial charge is 0.459 e. The van der Waals surface area contributed by atoms with E-state index in [0.29, 0.717) is 13.0 Å². The van der Waals surface area contributed by atoms with Crippen LogP contribution in [0, 0.1) is 0 Å². The molecule has 1 heterocycles. The maximum Gasteiger partial charge on any atom is 0.329 e. The first kappa shape index (κ1) is 18.4. The highest BCUT2D eigenvalue weighted by atomic mass is 35.5. The van der Waals surface area contributed by atoms with Gasteiger partial charge in [0.2, 0.25) is 5.91 Å². The van der Waals surface area contributed by atoms with Gasteiger partial charge in [-0.05, 0) is 18.4 Å². The molecule has 122 valence electrons. The Kier molecular flexibility index (Phi) is 7.31. The standard InChI is InChI=1S/C15H20N2O4.ClH/c16-12(9-18)14(19)17-8-4-7-13(17)15(20)21-10-11-5-2-1-3-6-11;/h1-3,5-6,12-13,18H,4,7-10,16H2;1H/t12-,13-;/m0./s1. The van der Waals surface area contributed by atoms with Crippen molar-refractivity contribution < 1.29 is 19.4 Å². The van der Waals surface area contributed by atoms with Crippen molar-refractivity contribution >= 4 is 24.3 Å². The predicted molar refractivity (Wildman–Crippen MR) is 83.3 cm³/mol. The average Bonchev–Trinajstić information content (AvgIpc) is 3.01. The van der Waals surface area contributed by atoms with E-state index in [-0.39, 0.29) is 19.0 Å². The molecule has 1 fully saturated rings. The first-order valence-corrected chi connectivity index (χ1v) is 7.01. The van der Waals surface area contributed by atoms with Crippen LogP contribution in [0.2, 0.25) is 0 Å². The van der Waals surface area contributed by atoms with Crippen molar-refractivity contribution in [3.63, 3.8) is 0 Å². The third-order valence-electron chi connectivity index (χ3n) is 3.55. The lowest BCUT2D eigenvalue weighted by Gasteiger charge is -2.25. The smallest absolute Gasteiger partial charge is 0.329 e. The van der Waals surface area contributed by atoms with E-state index in [1.54, 1.807) is 0 Å². The number of nitrogens with zero attached hydrogens (tertiary/aromatic N) is 1. The first-order valence-electron chi connectivity index (χ1n) is 7.01. The lowest BCUT2D eigenvalue weighted by atomic mass is 10.2. The van der Waals surface area contributed by atoms with Crippen LogP contribution in [-0.2, 0) is 20.9 Å². The second-order valence-electron chi connectivity index (χ2n) is 5.07. The zero-order valence-electron chi connectivity index (χ0n) is 12.2. The lowest BCUT2D eigenvalue weighted by molar-refractivity contribution is -0.155. The third kappa shape index (κ3) is 4.43. The van der Waals surface area contributed by atoms with Gasteiger partial charge in [-0.15, -0.1) is 12.4 Å². The molecule has 0 radical (unpaired) electrons. The number of hydrogen-bond donors (Lipinski definition) is 2. The average molecular weight is 329 g/mol. The van der Waals surface area contributed by atoms with E-state index in [4.69, 9.17) is 15.6 Å². The number of esters is 1. The van der Waals surface area contributed by atoms with Crippen molar-refractivity contribution in [2.75, 3.05) is 13.2 Å². The molecule has 1 aromatic carbocycles. The molecule has 0 aliphatic carbocycles. The highest BCUT2D eigenvalue weighted by molar-refractivity contribution is 5.88. The molecular formula is C15H21ClN2O4. The number of aliphatic hydroxyl groups excluding tert-OH is 1. The fourth-order valence-corrected chi connectivity index (χ4v) is 2.39. The second-order valence-corrected chi connectivity index (χ2v) is 5.07. The maximum atomic E-state index is 12.1. The van der Waals surface area contributed by atoms with Crippen molar-refractivity contribution in [1.82, 2.24) is 4.90 Å². The summed E-state index contributed by atoms with van der Waals surface area (Å²) >= 11 is 0. The van der Waals surface area contributed by atoms with Crippen LogP contribution in [0.3, 0.4) is 0 Å². The van der Waals surface area contributed by atoms with Crippen molar-refractivity contribution in [2.45, 2.75) is 31.5 Å². The van der Waals surface area contributed by atoms with Crippen LogP contribution in [0.25, 0.3) is 0 Å². The SMILES string of the molecule is Cl.N[C@@H](CO)C(=O)N1CCC[C@H]1C(=O)OCc1ccccc1. The Morgan fingerprint density at radius 3 is 2.68 bits per heavy atom. The molecule has 1 saturated heterocycles. The van der Waals surface area contributed by atoms with Gasteiger partial charge in [0.25, 0.3) is 0 Å². The van der Waals surface area contributed by atoms with Crippen LogP contribution in [0.15, 0.2) is 30.3 Å². The van der Waals surface area contributed by atoms with E-state index < -0.39 is 30.6 Å². The summed E-state index contributed by atoms with van der Waals surface area (Å²) in [5.74, 6) is -0.827. The number of benzene rings is 1. The molecule has 3 N–H and O–H groups in total. The van der Waals surface area contributed by atoms with Gasteiger partial charge in [-0.3, -0.25) is 4.79 Å². The minimum absolute atomic E-state index is 0. The van der Waals surface area contributed by atoms with Gasteiger partial charge in [0, 0.05) is 6.54 Å². The number of carbonyl (C=O) groups excluding carboxylic acids is 2. The highest BCUT2D eigenvalue weighted by Crippen LogP contribution is 2.20. The van der Waals surface area contributed by atoms with E-state index >= 15 is 0 Å². The van der Waals surface area contributed by atoms with Crippen LogP contribution < -0.4 is 5.73 Å². The molecular weight excluding hydrogens is 308 g/mol. The fourth-order valence-electron chi connectivity index (χ4n) is 2.39. The molecule has 0 bridgehead atoms. The molecule has 22 heavy (non-hydrogen) atoms. The number of amides is 1. The first-order chi connectivity index (χ1) is 10.1. The van der Waals surface area contributed by atoms with E-state index in [0.717, 1.165) is 12.0 Å². The third-order valence-corrected chi connectivity index (χ3v) is 3.55. The summed E-state index contributed by atoms with van der Waals surface area (Å²) in [5.41, 5.74) is 6.43. The topological polar surface area (TPSA) is 92.9 Å². The number of nitrogens with two attached hydrogens (primary N) is 1. The normalized spacial score (nSPS) is 18.5. The monoisotopic (exact) mass is 328 g/mol. The summed E-state index contributed by atoms with van der Waals surface area (Å²) in [6.07, 6.45) is 1.30. The summed E-state index contributed by atoms with van der Waals surface area (Å²) in [6.45, 7) is 0.225. The molecule has 0 saturated carbocycles. The minimum atomic E-state index is -0.979. The van der Waals surface area contributed by atoms with Crippen molar-refractivity contribution in [2.24, 2.45) is 5.73 Å². The number of rotatable bonds is 5. The summed E-state index contributed by atoms with van der Waals surface area (Å²) in [4.78, 5) is 25.5. The van der Waals surface area contributed by atoms with Crippen LogP contribution in [-0.4, -0.2) is 47.1 Å². The van der Waals surface area contributed by atoms with Crippen molar-refractivity contribution in [3.05, 3.63) is 35.9 Å². The summed E-state index contributed by atoms with van der Waals surface area (Å²) in [7, 11) is 0. The maximum absolute atomic E-state index is 12.1. The van der Waals surface area contributed by atoms with E-state index in [1.165, 1.54) is 4.90 Å². The fraction of sp³-hybridized carbons (Fsp3) is 0.467. The Balaban J connectivity index is 0.00000242. The van der Waals surface area contributed by atoms with Crippen molar-refractivity contribution in [3.8, 4) is 0 Å². The molecule has 0 spiro atoms. The summed E-state index contributed by atoms with van der Waals surface area (Å²) in [6, 6.07) is 7.79. The molecule has 0 aromatic heterocycles. The van der Waals surface area contributed by atoms with Crippen LogP contribution in [0.4, 0.5) is 0 Å². The van der Waals surface area contributed by atoms with E-state index in [1.807, 2.05) is 30.3 Å². The minimum Gasteiger partial charge on any atom is -0.459 e. The van der Waals surface area contributed by atoms with Crippen LogP contribution in [0.5, 0.6) is 0 Å². The molecule has 2 rings (SSSR count). The molecule has 6 nitrogen and oxygen atoms in total. The Hall–Kier alpha value is -1.63. The van der Waals surface area contributed by atoms with Gasteiger partial charge in [-0.2, -0.15) is 0 Å². The Bertz CT molecular complexity index is 498. The lowest BCUT2D eigenvalue weighted by Crippen LogP contribution is -2.50. The molecule has 1 aliphatic rings. The zero-order valence-corrected chi connectivity index (χ0v) is 13.0. The number of likely N-dealkylation sites (tertiary alicyclic amines) is 1. The predicted octanol–water partition coefficient (Wildman–Crippen LogP) is 0.462. The van der Waals surface area contributed by atoms with Gasteiger partial charge < -0.3 is 20.5 Å². The van der Waals surface area contributed by atoms with Gasteiger partial charge in [-0.1, -0.05) is 30.3 Å². The molecule has 0 unspecified atom stereocenters. The molecule has 7 heteroatoms. The Morgan fingerprint density at radius 1 is 1.36 bits per heavy atom. The quantitative estimate of drug-likeness (QED) is 0.766. The second kappa shape index (κ2) is 8.73. The van der Waals surface area contributed by atoms with Gasteiger partial charge >= 0.3 is 5.97 Å². The van der Waals surface area contributed by atoms with Crippen LogP contribution in [0.1, 0.15) is 18.4 Å².